The van der Waals surface area contributed by atoms with Crippen molar-refractivity contribution in [1.82, 2.24) is 4.90 Å². The number of halogens is 1. The zero-order valence-electron chi connectivity index (χ0n) is 11.8. The maximum absolute atomic E-state index is 12.2. The largest absolute Gasteiger partial charge is 0.481 e. The van der Waals surface area contributed by atoms with E-state index in [4.69, 9.17) is 5.11 Å². The van der Waals surface area contributed by atoms with E-state index in [1.807, 2.05) is 31.2 Å². The van der Waals surface area contributed by atoms with E-state index in [1.54, 1.807) is 17.1 Å². The van der Waals surface area contributed by atoms with Crippen LogP contribution in [0.25, 0.3) is 6.08 Å². The molecule has 21 heavy (non-hydrogen) atoms. The summed E-state index contributed by atoms with van der Waals surface area (Å²) in [6, 6.07) is 7.66. The number of hydrogen-bond donors (Lipinski definition) is 1. The Labute approximate surface area is 132 Å². The van der Waals surface area contributed by atoms with Crippen LogP contribution in [0.15, 0.2) is 34.8 Å². The zero-order valence-corrected chi connectivity index (χ0v) is 13.4. The van der Waals surface area contributed by atoms with E-state index in [2.05, 4.69) is 15.9 Å². The first-order valence-electron chi connectivity index (χ1n) is 6.94. The standard InChI is InChI=1S/C16H18BrNO3/c1-11-9-13(16(20)21)7-8-18(11)15(19)6-5-12-3-2-4-14(17)10-12/h2-6,10-11,13H,7-9H2,1H3,(H,20,21)/b6-5+. The van der Waals surface area contributed by atoms with E-state index in [9.17, 15) is 9.59 Å². The molecule has 1 fully saturated rings. The van der Waals surface area contributed by atoms with Gasteiger partial charge in [0.25, 0.3) is 0 Å². The van der Waals surface area contributed by atoms with Crippen molar-refractivity contribution in [2.24, 2.45) is 5.92 Å². The molecule has 112 valence electrons. The topological polar surface area (TPSA) is 57.6 Å². The molecule has 2 unspecified atom stereocenters. The van der Waals surface area contributed by atoms with Crippen LogP contribution in [0.2, 0.25) is 0 Å². The van der Waals surface area contributed by atoms with Gasteiger partial charge in [0.05, 0.1) is 5.92 Å². The van der Waals surface area contributed by atoms with Gasteiger partial charge in [-0.15, -0.1) is 0 Å². The van der Waals surface area contributed by atoms with Crippen molar-refractivity contribution in [2.45, 2.75) is 25.8 Å². The second-order valence-corrected chi connectivity index (χ2v) is 6.24. The molecular formula is C16H18BrNO3. The Kier molecular flexibility index (Phi) is 5.17. The molecule has 0 aromatic heterocycles. The number of benzene rings is 1. The van der Waals surface area contributed by atoms with Crippen molar-refractivity contribution >= 4 is 33.9 Å². The first-order valence-corrected chi connectivity index (χ1v) is 7.73. The van der Waals surface area contributed by atoms with Gasteiger partial charge in [-0.05, 0) is 43.5 Å². The summed E-state index contributed by atoms with van der Waals surface area (Å²) in [5.74, 6) is -1.16. The predicted molar refractivity (Wildman–Crippen MR) is 84.7 cm³/mol. The van der Waals surface area contributed by atoms with Crippen molar-refractivity contribution in [2.75, 3.05) is 6.54 Å². The van der Waals surface area contributed by atoms with Gasteiger partial charge in [0, 0.05) is 23.1 Å². The number of amides is 1. The average Bonchev–Trinajstić information content (AvgIpc) is 2.44. The van der Waals surface area contributed by atoms with Crippen LogP contribution in [0, 0.1) is 5.92 Å². The van der Waals surface area contributed by atoms with Crippen LogP contribution in [0.3, 0.4) is 0 Å². The lowest BCUT2D eigenvalue weighted by molar-refractivity contribution is -0.146. The molecule has 1 saturated heterocycles. The minimum absolute atomic E-state index is 0.0421. The third kappa shape index (κ3) is 4.17. The van der Waals surface area contributed by atoms with Crippen LogP contribution in [0.4, 0.5) is 0 Å². The first kappa shape index (κ1) is 15.8. The Morgan fingerprint density at radius 3 is 2.81 bits per heavy atom. The summed E-state index contributed by atoms with van der Waals surface area (Å²) in [7, 11) is 0. The number of likely N-dealkylation sites (tertiary alicyclic amines) is 1. The first-order chi connectivity index (χ1) is 9.97. The summed E-state index contributed by atoms with van der Waals surface area (Å²) in [5.41, 5.74) is 0.950. The van der Waals surface area contributed by atoms with E-state index >= 15 is 0 Å². The summed E-state index contributed by atoms with van der Waals surface area (Å²) < 4.78 is 0.965. The van der Waals surface area contributed by atoms with E-state index in [0.717, 1.165) is 10.0 Å². The number of rotatable bonds is 3. The molecule has 1 aromatic rings. The minimum atomic E-state index is -0.765. The third-order valence-electron chi connectivity index (χ3n) is 3.78. The van der Waals surface area contributed by atoms with Crippen molar-refractivity contribution in [3.63, 3.8) is 0 Å². The molecule has 0 bridgehead atoms. The SMILES string of the molecule is CC1CC(C(=O)O)CCN1C(=O)/C=C/c1cccc(Br)c1. The number of nitrogens with zero attached hydrogens (tertiary/aromatic N) is 1. The van der Waals surface area contributed by atoms with Crippen molar-refractivity contribution < 1.29 is 14.7 Å². The van der Waals surface area contributed by atoms with Gasteiger partial charge < -0.3 is 10.0 Å². The van der Waals surface area contributed by atoms with Crippen LogP contribution >= 0.6 is 15.9 Å². The lowest BCUT2D eigenvalue weighted by atomic mass is 9.91. The fraction of sp³-hybridized carbons (Fsp3) is 0.375. The highest BCUT2D eigenvalue weighted by molar-refractivity contribution is 9.10. The van der Waals surface area contributed by atoms with Gasteiger partial charge in [-0.1, -0.05) is 28.1 Å². The van der Waals surface area contributed by atoms with E-state index in [-0.39, 0.29) is 17.9 Å². The molecule has 0 radical (unpaired) electrons. The second kappa shape index (κ2) is 6.89. The Bertz CT molecular complexity index is 570. The fourth-order valence-electron chi connectivity index (χ4n) is 2.60. The van der Waals surface area contributed by atoms with Gasteiger partial charge in [0.15, 0.2) is 0 Å². The number of carboxylic acids is 1. The number of carbonyl (C=O) groups excluding carboxylic acids is 1. The van der Waals surface area contributed by atoms with Crippen molar-refractivity contribution in [1.29, 1.82) is 0 Å². The number of piperidine rings is 1. The van der Waals surface area contributed by atoms with Crippen molar-refractivity contribution in [3.05, 3.63) is 40.4 Å². The average molecular weight is 352 g/mol. The van der Waals surface area contributed by atoms with E-state index < -0.39 is 5.97 Å². The molecule has 1 heterocycles. The Morgan fingerprint density at radius 2 is 2.19 bits per heavy atom. The number of aliphatic carboxylic acids is 1. The smallest absolute Gasteiger partial charge is 0.306 e. The molecule has 1 aromatic carbocycles. The molecule has 1 amide bonds. The van der Waals surface area contributed by atoms with Crippen LogP contribution in [0.5, 0.6) is 0 Å². The maximum Gasteiger partial charge on any atom is 0.306 e. The number of carboxylic acid groups (broad SMARTS) is 1. The normalized spacial score (nSPS) is 22.5. The van der Waals surface area contributed by atoms with Crippen LogP contribution in [0.1, 0.15) is 25.3 Å². The lowest BCUT2D eigenvalue weighted by Crippen LogP contribution is -2.45. The molecule has 2 atom stereocenters. The van der Waals surface area contributed by atoms with Crippen molar-refractivity contribution in [3.8, 4) is 0 Å². The summed E-state index contributed by atoms with van der Waals surface area (Å²) >= 11 is 3.39. The fourth-order valence-corrected chi connectivity index (χ4v) is 3.01. The molecule has 0 aliphatic carbocycles. The Morgan fingerprint density at radius 1 is 1.43 bits per heavy atom. The third-order valence-corrected chi connectivity index (χ3v) is 4.27. The molecule has 0 spiro atoms. The van der Waals surface area contributed by atoms with E-state index in [1.165, 1.54) is 0 Å². The van der Waals surface area contributed by atoms with Gasteiger partial charge in [-0.25, -0.2) is 0 Å². The molecule has 1 N–H and O–H groups in total. The minimum Gasteiger partial charge on any atom is -0.481 e. The molecule has 1 aliphatic heterocycles. The Hall–Kier alpha value is -1.62. The summed E-state index contributed by atoms with van der Waals surface area (Å²) in [6.45, 7) is 2.40. The van der Waals surface area contributed by atoms with Crippen LogP contribution in [-0.4, -0.2) is 34.5 Å². The van der Waals surface area contributed by atoms with Crippen LogP contribution < -0.4 is 0 Å². The molecule has 1 aliphatic rings. The molecule has 4 nitrogen and oxygen atoms in total. The van der Waals surface area contributed by atoms with Gasteiger partial charge in [-0.2, -0.15) is 0 Å². The highest BCUT2D eigenvalue weighted by Gasteiger charge is 2.31. The highest BCUT2D eigenvalue weighted by Crippen LogP contribution is 2.23. The quantitative estimate of drug-likeness (QED) is 0.850. The molecule has 0 saturated carbocycles. The monoisotopic (exact) mass is 351 g/mol. The van der Waals surface area contributed by atoms with Gasteiger partial charge in [0.2, 0.25) is 5.91 Å². The van der Waals surface area contributed by atoms with Gasteiger partial charge in [-0.3, -0.25) is 9.59 Å². The number of hydrogen-bond acceptors (Lipinski definition) is 2. The molecule has 5 heteroatoms. The molecule has 2 rings (SSSR count). The van der Waals surface area contributed by atoms with Gasteiger partial charge >= 0.3 is 5.97 Å². The Balaban J connectivity index is 1.99. The summed E-state index contributed by atoms with van der Waals surface area (Å²) in [5, 5.41) is 9.04. The predicted octanol–water partition coefficient (Wildman–Crippen LogP) is 3.17. The summed E-state index contributed by atoms with van der Waals surface area (Å²) in [6.07, 6.45) is 4.38. The zero-order chi connectivity index (χ0) is 15.4. The maximum atomic E-state index is 12.2. The van der Waals surface area contributed by atoms with Gasteiger partial charge in [0.1, 0.15) is 0 Å². The summed E-state index contributed by atoms with van der Waals surface area (Å²) in [4.78, 5) is 25.0. The molecular weight excluding hydrogens is 334 g/mol. The van der Waals surface area contributed by atoms with E-state index in [0.29, 0.717) is 19.4 Å². The number of carbonyl (C=O) groups is 2. The highest BCUT2D eigenvalue weighted by atomic mass is 79.9. The lowest BCUT2D eigenvalue weighted by Gasteiger charge is -2.35. The van der Waals surface area contributed by atoms with Crippen LogP contribution in [-0.2, 0) is 9.59 Å². The second-order valence-electron chi connectivity index (χ2n) is 5.33.